The lowest BCUT2D eigenvalue weighted by Crippen LogP contribution is -2.55. The molecule has 0 spiro atoms. The molecule has 1 aliphatic rings. The van der Waals surface area contributed by atoms with Crippen molar-refractivity contribution >= 4 is 11.7 Å². The number of pyridine rings is 1. The number of aromatic nitrogens is 4. The van der Waals surface area contributed by atoms with E-state index in [-0.39, 0.29) is 30.4 Å². The minimum Gasteiger partial charge on any atom is -0.374 e. The number of nitrogens with zero attached hydrogens (tertiary/aromatic N) is 5. The van der Waals surface area contributed by atoms with Gasteiger partial charge in [-0.1, -0.05) is 39.3 Å². The van der Waals surface area contributed by atoms with Crippen molar-refractivity contribution in [2.75, 3.05) is 25.0 Å². The Kier molecular flexibility index (Phi) is 11.0. The van der Waals surface area contributed by atoms with Crippen LogP contribution in [0.4, 0.5) is 19.0 Å². The van der Waals surface area contributed by atoms with Crippen LogP contribution in [0.5, 0.6) is 0 Å². The second-order valence-corrected chi connectivity index (χ2v) is 7.79. The summed E-state index contributed by atoms with van der Waals surface area (Å²) in [6.45, 7) is 12.8. The van der Waals surface area contributed by atoms with Gasteiger partial charge < -0.3 is 15.0 Å². The van der Waals surface area contributed by atoms with Gasteiger partial charge in [0.05, 0.1) is 48.0 Å². The van der Waals surface area contributed by atoms with Crippen LogP contribution in [0.3, 0.4) is 0 Å². The second-order valence-electron chi connectivity index (χ2n) is 7.79. The van der Waals surface area contributed by atoms with E-state index in [2.05, 4.69) is 20.5 Å². The Morgan fingerprint density at radius 2 is 1.78 bits per heavy atom. The summed E-state index contributed by atoms with van der Waals surface area (Å²) in [7, 11) is 0. The molecule has 1 amide bonds. The van der Waals surface area contributed by atoms with Gasteiger partial charge in [-0.2, -0.15) is 28.2 Å². The van der Waals surface area contributed by atoms with Gasteiger partial charge in [0.1, 0.15) is 5.82 Å². The van der Waals surface area contributed by atoms with E-state index < -0.39 is 11.7 Å². The van der Waals surface area contributed by atoms with Crippen LogP contribution in [0.25, 0.3) is 5.69 Å². The molecule has 3 heterocycles. The number of hydrogen-bond donors (Lipinski definition) is 1. The van der Waals surface area contributed by atoms with Gasteiger partial charge in [0.15, 0.2) is 0 Å². The zero-order valence-electron chi connectivity index (χ0n) is 22.1. The molecule has 8 nitrogen and oxygen atoms in total. The van der Waals surface area contributed by atoms with E-state index in [9.17, 15) is 18.0 Å². The number of anilines is 1. The maximum absolute atomic E-state index is 13.6. The fourth-order valence-corrected chi connectivity index (χ4v) is 3.76. The number of hydrogen-bond acceptors (Lipinski definition) is 6. The molecule has 1 aromatic carbocycles. The van der Waals surface area contributed by atoms with Crippen molar-refractivity contribution in [3.05, 3.63) is 65.6 Å². The molecule has 1 saturated heterocycles. The van der Waals surface area contributed by atoms with Crippen LogP contribution >= 0.6 is 0 Å². The average molecular weight is 521 g/mol. The number of rotatable bonds is 5. The van der Waals surface area contributed by atoms with E-state index in [0.29, 0.717) is 24.4 Å². The lowest BCUT2D eigenvalue weighted by atomic mass is 10.0. The number of halogens is 3. The first-order valence-electron chi connectivity index (χ1n) is 12.4. The largest absolute Gasteiger partial charge is 0.417 e. The van der Waals surface area contributed by atoms with Gasteiger partial charge >= 0.3 is 6.18 Å². The quantitative estimate of drug-likeness (QED) is 0.486. The third-order valence-electron chi connectivity index (χ3n) is 5.52. The van der Waals surface area contributed by atoms with Gasteiger partial charge in [-0.15, -0.1) is 0 Å². The molecule has 0 unspecified atom stereocenters. The fourth-order valence-electron chi connectivity index (χ4n) is 3.76. The van der Waals surface area contributed by atoms with E-state index in [0.717, 1.165) is 17.8 Å². The van der Waals surface area contributed by atoms with Crippen molar-refractivity contribution in [1.82, 2.24) is 24.9 Å². The van der Waals surface area contributed by atoms with E-state index >= 15 is 0 Å². The Bertz CT molecular complexity index is 1100. The monoisotopic (exact) mass is 520 g/mol. The number of alkyl halides is 3. The van der Waals surface area contributed by atoms with Crippen LogP contribution < -0.4 is 5.32 Å². The summed E-state index contributed by atoms with van der Waals surface area (Å²) in [6, 6.07) is 7.34. The summed E-state index contributed by atoms with van der Waals surface area (Å²) >= 11 is 0. The molecule has 37 heavy (non-hydrogen) atoms. The highest BCUT2D eigenvalue weighted by Gasteiger charge is 2.35. The van der Waals surface area contributed by atoms with Crippen LogP contribution in [-0.2, 0) is 10.9 Å². The highest BCUT2D eigenvalue weighted by Crippen LogP contribution is 2.29. The van der Waals surface area contributed by atoms with Crippen LogP contribution in [0.2, 0.25) is 0 Å². The zero-order valence-corrected chi connectivity index (χ0v) is 22.1. The molecule has 1 fully saturated rings. The molecule has 11 heteroatoms. The fraction of sp³-hybridized carbons (Fsp3) is 0.462. The summed E-state index contributed by atoms with van der Waals surface area (Å²) < 4.78 is 44.1. The molecular weight excluding hydrogens is 485 g/mol. The van der Waals surface area contributed by atoms with E-state index in [1.54, 1.807) is 17.0 Å². The Labute approximate surface area is 215 Å². The minimum atomic E-state index is -4.45. The van der Waals surface area contributed by atoms with Crippen molar-refractivity contribution in [3.63, 3.8) is 0 Å². The Morgan fingerprint density at radius 3 is 2.38 bits per heavy atom. The van der Waals surface area contributed by atoms with Crippen molar-refractivity contribution in [3.8, 4) is 5.69 Å². The third-order valence-corrected chi connectivity index (χ3v) is 5.52. The predicted octanol–water partition coefficient (Wildman–Crippen LogP) is 5.38. The van der Waals surface area contributed by atoms with Gasteiger partial charge in [-0.05, 0) is 38.1 Å². The molecule has 4 rings (SSSR count). The second kappa shape index (κ2) is 13.7. The highest BCUT2D eigenvalue weighted by atomic mass is 19.4. The standard InChI is InChI=1S/C22H23F3N6O2.2C2H6/c1-14-3-5-18(31-28-7-8-29-31)17(11-14)21(32)30-9-10-33-15(2)19(30)13-27-20-6-4-16(12-26-20)22(23,24)25;2*1-2/h3-8,11-12,15,19H,9-10,13H2,1-2H3,(H,26,27);2*1-2H3/t15-,19+;;/m0../s1. The van der Waals surface area contributed by atoms with Gasteiger partial charge in [0, 0.05) is 19.3 Å². The van der Waals surface area contributed by atoms with Gasteiger partial charge in [-0.3, -0.25) is 4.79 Å². The molecule has 3 aromatic rings. The molecule has 0 radical (unpaired) electrons. The maximum Gasteiger partial charge on any atom is 0.417 e. The van der Waals surface area contributed by atoms with Crippen molar-refractivity contribution < 1.29 is 22.7 Å². The van der Waals surface area contributed by atoms with Gasteiger partial charge in [0.2, 0.25) is 0 Å². The van der Waals surface area contributed by atoms with E-state index in [4.69, 9.17) is 4.74 Å². The molecule has 2 atom stereocenters. The van der Waals surface area contributed by atoms with Crippen LogP contribution in [0.15, 0.2) is 48.9 Å². The number of carbonyl (C=O) groups excluding carboxylic acids is 1. The molecule has 202 valence electrons. The van der Waals surface area contributed by atoms with Crippen LogP contribution in [0.1, 0.15) is 56.1 Å². The summed E-state index contributed by atoms with van der Waals surface area (Å²) in [4.78, 5) is 20.6. The summed E-state index contributed by atoms with van der Waals surface area (Å²) in [5, 5.41) is 11.3. The predicted molar refractivity (Wildman–Crippen MR) is 137 cm³/mol. The van der Waals surface area contributed by atoms with E-state index in [1.807, 2.05) is 47.6 Å². The summed E-state index contributed by atoms with van der Waals surface area (Å²) in [5.74, 6) is 0.0819. The molecule has 1 aliphatic heterocycles. The van der Waals surface area contributed by atoms with E-state index in [1.165, 1.54) is 23.3 Å². The SMILES string of the molecule is CC.CC.Cc1ccc(-n2nccn2)c(C(=O)N2CCO[C@@H](C)[C@H]2CNc2ccc(C(F)(F)F)cn2)c1. The molecule has 1 N–H and O–H groups in total. The summed E-state index contributed by atoms with van der Waals surface area (Å²) in [5.41, 5.74) is 1.11. The Morgan fingerprint density at radius 1 is 1.11 bits per heavy atom. The number of benzene rings is 1. The minimum absolute atomic E-state index is 0.201. The smallest absolute Gasteiger partial charge is 0.374 e. The topological polar surface area (TPSA) is 85.2 Å². The zero-order chi connectivity index (χ0) is 27.6. The first-order valence-corrected chi connectivity index (χ1v) is 12.4. The average Bonchev–Trinajstić information content (AvgIpc) is 3.44. The van der Waals surface area contributed by atoms with Crippen molar-refractivity contribution in [2.24, 2.45) is 0 Å². The first kappa shape index (κ1) is 29.8. The van der Waals surface area contributed by atoms with Crippen LogP contribution in [-0.4, -0.2) is 62.6 Å². The van der Waals surface area contributed by atoms with Crippen molar-refractivity contribution in [1.29, 1.82) is 0 Å². The highest BCUT2D eigenvalue weighted by molar-refractivity contribution is 5.98. The molecular formula is C26H35F3N6O2. The number of aryl methyl sites for hydroxylation is 1. The maximum atomic E-state index is 13.6. The molecule has 0 saturated carbocycles. The number of nitrogens with one attached hydrogen (secondary N) is 1. The third kappa shape index (κ3) is 7.51. The molecule has 0 bridgehead atoms. The number of morpholine rings is 1. The van der Waals surface area contributed by atoms with Crippen molar-refractivity contribution in [2.45, 2.75) is 59.9 Å². The Balaban J connectivity index is 0.00000115. The molecule has 0 aliphatic carbocycles. The lowest BCUT2D eigenvalue weighted by molar-refractivity contribution is -0.137. The normalized spacial score (nSPS) is 17.2. The lowest BCUT2D eigenvalue weighted by Gasteiger charge is -2.40. The van der Waals surface area contributed by atoms with Gasteiger partial charge in [-0.25, -0.2) is 4.98 Å². The number of carbonyl (C=O) groups is 1. The van der Waals surface area contributed by atoms with Gasteiger partial charge in [0.25, 0.3) is 5.91 Å². The Hall–Kier alpha value is -3.47. The number of ether oxygens (including phenoxy) is 1. The number of amides is 1. The first-order chi connectivity index (χ1) is 17.7. The van der Waals surface area contributed by atoms with Crippen LogP contribution in [0, 0.1) is 6.92 Å². The molecule has 2 aromatic heterocycles. The summed E-state index contributed by atoms with van der Waals surface area (Å²) in [6.07, 6.45) is -0.887.